The molecule has 1 aliphatic carbocycles. The number of carbonyl (C=O) groups is 1. The molecule has 0 aromatic rings. The lowest BCUT2D eigenvalue weighted by Crippen LogP contribution is -2.55. The van der Waals surface area contributed by atoms with E-state index in [0.717, 1.165) is 25.7 Å². The monoisotopic (exact) mass is 255 g/mol. The van der Waals surface area contributed by atoms with Crippen molar-refractivity contribution >= 4 is 5.97 Å². The summed E-state index contributed by atoms with van der Waals surface area (Å²) in [6.45, 7) is 11.1. The fraction of sp³-hybridized carbons (Fsp3) is 0.933. The number of hydrogen-bond donors (Lipinski definition) is 1. The molecule has 0 aromatic carbocycles. The summed E-state index contributed by atoms with van der Waals surface area (Å²) in [5, 5.41) is 3.48. The normalized spacial score (nSPS) is 27.9. The summed E-state index contributed by atoms with van der Waals surface area (Å²) in [6.07, 6.45) is 5.13. The highest BCUT2D eigenvalue weighted by Gasteiger charge is 2.42. The van der Waals surface area contributed by atoms with Gasteiger partial charge in [0.1, 0.15) is 5.54 Å². The van der Waals surface area contributed by atoms with E-state index in [1.54, 1.807) is 0 Å². The maximum Gasteiger partial charge on any atom is 0.326 e. The standard InChI is InChI=1S/C15H29NO2/c1-6-18-13(17)15(16-12(2)3)9-7-8-14(4,5)10-11-15/h12,16H,6-11H2,1-5H3. The van der Waals surface area contributed by atoms with Crippen LogP contribution in [0.25, 0.3) is 0 Å². The number of hydrogen-bond acceptors (Lipinski definition) is 3. The summed E-state index contributed by atoms with van der Waals surface area (Å²) in [5.74, 6) is -0.0589. The highest BCUT2D eigenvalue weighted by Crippen LogP contribution is 2.38. The summed E-state index contributed by atoms with van der Waals surface area (Å²) in [4.78, 5) is 12.3. The Morgan fingerprint density at radius 2 is 1.89 bits per heavy atom. The predicted octanol–water partition coefficient (Wildman–Crippen LogP) is 3.28. The summed E-state index contributed by atoms with van der Waals surface area (Å²) in [7, 11) is 0. The van der Waals surface area contributed by atoms with E-state index in [1.165, 1.54) is 6.42 Å². The quantitative estimate of drug-likeness (QED) is 0.619. The second-order valence-electron chi connectivity index (χ2n) is 6.62. The molecule has 0 heterocycles. The number of esters is 1. The SMILES string of the molecule is CCOC(=O)C1(NC(C)C)CCCC(C)(C)CC1. The Kier molecular flexibility index (Phi) is 5.20. The number of nitrogens with one attached hydrogen (secondary N) is 1. The van der Waals surface area contributed by atoms with Crippen molar-refractivity contribution in [2.45, 2.75) is 78.3 Å². The van der Waals surface area contributed by atoms with E-state index in [9.17, 15) is 4.79 Å². The molecule has 3 nitrogen and oxygen atoms in total. The van der Waals surface area contributed by atoms with E-state index in [4.69, 9.17) is 4.74 Å². The summed E-state index contributed by atoms with van der Waals surface area (Å²) < 4.78 is 5.31. The van der Waals surface area contributed by atoms with Crippen LogP contribution >= 0.6 is 0 Å². The molecule has 1 fully saturated rings. The summed E-state index contributed by atoms with van der Waals surface area (Å²) in [6, 6.07) is 0.301. The van der Waals surface area contributed by atoms with Crippen molar-refractivity contribution in [2.75, 3.05) is 6.61 Å². The first kappa shape index (κ1) is 15.5. The molecular weight excluding hydrogens is 226 g/mol. The van der Waals surface area contributed by atoms with Gasteiger partial charge in [-0.1, -0.05) is 20.3 Å². The Hall–Kier alpha value is -0.570. The first-order chi connectivity index (χ1) is 8.31. The molecule has 1 aliphatic rings. The van der Waals surface area contributed by atoms with Crippen LogP contribution in [0.1, 0.15) is 66.7 Å². The van der Waals surface area contributed by atoms with Crippen LogP contribution in [0, 0.1) is 5.41 Å². The summed E-state index contributed by atoms with van der Waals surface area (Å²) in [5.41, 5.74) is -0.120. The number of carbonyl (C=O) groups excluding carboxylic acids is 1. The highest BCUT2D eigenvalue weighted by molar-refractivity contribution is 5.81. The highest BCUT2D eigenvalue weighted by atomic mass is 16.5. The van der Waals surface area contributed by atoms with E-state index in [2.05, 4.69) is 33.0 Å². The van der Waals surface area contributed by atoms with Crippen LogP contribution in [-0.4, -0.2) is 24.2 Å². The Morgan fingerprint density at radius 3 is 2.44 bits per heavy atom. The van der Waals surface area contributed by atoms with Gasteiger partial charge in [0, 0.05) is 6.04 Å². The van der Waals surface area contributed by atoms with E-state index in [0.29, 0.717) is 18.1 Å². The van der Waals surface area contributed by atoms with Crippen LogP contribution in [0.4, 0.5) is 0 Å². The van der Waals surface area contributed by atoms with Crippen LogP contribution in [0.15, 0.2) is 0 Å². The van der Waals surface area contributed by atoms with Crippen LogP contribution < -0.4 is 5.32 Å². The molecule has 106 valence electrons. The first-order valence-corrected chi connectivity index (χ1v) is 7.26. The maximum atomic E-state index is 12.3. The fourth-order valence-electron chi connectivity index (χ4n) is 2.90. The lowest BCUT2D eigenvalue weighted by Gasteiger charge is -2.34. The zero-order valence-corrected chi connectivity index (χ0v) is 12.6. The molecule has 0 bridgehead atoms. The molecule has 3 heteroatoms. The molecule has 1 rings (SSSR count). The second kappa shape index (κ2) is 6.05. The number of ether oxygens (including phenoxy) is 1. The van der Waals surface area contributed by atoms with Gasteiger partial charge in [0.25, 0.3) is 0 Å². The van der Waals surface area contributed by atoms with Crippen molar-refractivity contribution in [3.05, 3.63) is 0 Å². The lowest BCUT2D eigenvalue weighted by molar-refractivity contribution is -0.152. The number of rotatable bonds is 4. The third-order valence-corrected chi connectivity index (χ3v) is 3.92. The minimum atomic E-state index is -0.460. The van der Waals surface area contributed by atoms with E-state index in [1.807, 2.05) is 6.92 Å². The summed E-state index contributed by atoms with van der Waals surface area (Å²) >= 11 is 0. The van der Waals surface area contributed by atoms with Gasteiger partial charge in [0.2, 0.25) is 0 Å². The van der Waals surface area contributed by atoms with Crippen molar-refractivity contribution in [1.82, 2.24) is 5.32 Å². The third kappa shape index (κ3) is 3.98. The van der Waals surface area contributed by atoms with Crippen LogP contribution in [-0.2, 0) is 9.53 Å². The maximum absolute atomic E-state index is 12.3. The molecule has 18 heavy (non-hydrogen) atoms. The van der Waals surface area contributed by atoms with Gasteiger partial charge in [0.05, 0.1) is 6.61 Å². The Balaban J connectivity index is 2.86. The minimum Gasteiger partial charge on any atom is -0.465 e. The van der Waals surface area contributed by atoms with Crippen molar-refractivity contribution < 1.29 is 9.53 Å². The molecular formula is C15H29NO2. The van der Waals surface area contributed by atoms with Gasteiger partial charge in [-0.3, -0.25) is 10.1 Å². The molecule has 1 unspecified atom stereocenters. The van der Waals surface area contributed by atoms with Gasteiger partial charge in [0.15, 0.2) is 0 Å². The molecule has 1 N–H and O–H groups in total. The van der Waals surface area contributed by atoms with Crippen molar-refractivity contribution in [1.29, 1.82) is 0 Å². The molecule has 0 aliphatic heterocycles. The van der Waals surface area contributed by atoms with Crippen LogP contribution in [0.5, 0.6) is 0 Å². The third-order valence-electron chi connectivity index (χ3n) is 3.92. The van der Waals surface area contributed by atoms with Crippen molar-refractivity contribution in [2.24, 2.45) is 5.41 Å². The smallest absolute Gasteiger partial charge is 0.326 e. The largest absolute Gasteiger partial charge is 0.465 e. The average molecular weight is 255 g/mol. The Morgan fingerprint density at radius 1 is 1.22 bits per heavy atom. The molecule has 0 saturated heterocycles. The lowest BCUT2D eigenvalue weighted by atomic mass is 9.83. The molecule has 0 spiro atoms. The van der Waals surface area contributed by atoms with Gasteiger partial charge in [-0.25, -0.2) is 0 Å². The van der Waals surface area contributed by atoms with Gasteiger partial charge in [-0.05, 0) is 51.9 Å². The van der Waals surface area contributed by atoms with Crippen molar-refractivity contribution in [3.63, 3.8) is 0 Å². The van der Waals surface area contributed by atoms with Crippen LogP contribution in [0.3, 0.4) is 0 Å². The molecule has 0 radical (unpaired) electrons. The molecule has 1 saturated carbocycles. The van der Waals surface area contributed by atoms with Crippen molar-refractivity contribution in [3.8, 4) is 0 Å². The second-order valence-corrected chi connectivity index (χ2v) is 6.62. The minimum absolute atomic E-state index is 0.0589. The van der Waals surface area contributed by atoms with Crippen LogP contribution in [0.2, 0.25) is 0 Å². The van der Waals surface area contributed by atoms with Gasteiger partial charge in [-0.2, -0.15) is 0 Å². The van der Waals surface area contributed by atoms with Gasteiger partial charge in [-0.15, -0.1) is 0 Å². The van der Waals surface area contributed by atoms with Gasteiger partial charge < -0.3 is 4.74 Å². The van der Waals surface area contributed by atoms with E-state index < -0.39 is 5.54 Å². The zero-order valence-electron chi connectivity index (χ0n) is 12.6. The first-order valence-electron chi connectivity index (χ1n) is 7.26. The Labute approximate surface area is 112 Å². The average Bonchev–Trinajstić information content (AvgIpc) is 2.39. The molecule has 0 aromatic heterocycles. The van der Waals surface area contributed by atoms with E-state index >= 15 is 0 Å². The zero-order chi connectivity index (χ0) is 13.8. The van der Waals surface area contributed by atoms with E-state index in [-0.39, 0.29) is 5.97 Å². The molecule has 0 amide bonds. The van der Waals surface area contributed by atoms with Gasteiger partial charge >= 0.3 is 5.97 Å². The predicted molar refractivity (Wildman–Crippen MR) is 74.5 cm³/mol. The fourth-order valence-corrected chi connectivity index (χ4v) is 2.90. The topological polar surface area (TPSA) is 38.3 Å². The molecule has 1 atom stereocenters. The Bertz CT molecular complexity index is 286.